The van der Waals surface area contributed by atoms with Gasteiger partial charge in [0.2, 0.25) is 0 Å². The molecule has 3 nitrogen and oxygen atoms in total. The van der Waals surface area contributed by atoms with E-state index in [0.717, 1.165) is 11.8 Å². The van der Waals surface area contributed by atoms with Crippen LogP contribution in [-0.2, 0) is 0 Å². The zero-order chi connectivity index (χ0) is 19.3. The Balaban J connectivity index is 0.000000412. The van der Waals surface area contributed by atoms with Crippen LogP contribution in [0.25, 0.3) is 0 Å². The van der Waals surface area contributed by atoms with Crippen molar-refractivity contribution in [2.45, 2.75) is 17.5 Å². The number of carbonyl (C=O) groups is 1. The van der Waals surface area contributed by atoms with Crippen molar-refractivity contribution in [2.75, 3.05) is 13.1 Å². The topological polar surface area (TPSA) is 55.1 Å². The maximum atomic E-state index is 11.0. The van der Waals surface area contributed by atoms with Crippen LogP contribution in [0.4, 0.5) is 13.2 Å². The Morgan fingerprint density at radius 1 is 1.08 bits per heavy atom. The van der Waals surface area contributed by atoms with Crippen LogP contribution in [0.3, 0.4) is 0 Å². The van der Waals surface area contributed by atoms with Crippen LogP contribution in [0.2, 0.25) is 0 Å². The van der Waals surface area contributed by atoms with Gasteiger partial charge >= 0.3 is 6.18 Å². The summed E-state index contributed by atoms with van der Waals surface area (Å²) in [5, 5.41) is 0. The maximum Gasteiger partial charge on any atom is 0.390 e. The molecule has 138 valence electrons. The number of carbonyl (C=O) groups excluding carboxylic acids is 1. The van der Waals surface area contributed by atoms with Crippen LogP contribution >= 0.6 is 11.9 Å². The third-order valence-corrected chi connectivity index (χ3v) is 3.60. The Kier molecular flexibility index (Phi) is 10.2. The number of aldehydes is 1. The van der Waals surface area contributed by atoms with Gasteiger partial charge in [-0.15, -0.1) is 0 Å². The van der Waals surface area contributed by atoms with Gasteiger partial charge < -0.3 is 5.73 Å². The molecular weight excluding hydrogens is 361 g/mol. The summed E-state index contributed by atoms with van der Waals surface area (Å²) in [5.74, 6) is 6.08. The molecule has 3 N–H and O–H groups in total. The van der Waals surface area contributed by atoms with Crippen molar-refractivity contribution >= 4 is 18.2 Å². The first-order chi connectivity index (χ1) is 12.4. The van der Waals surface area contributed by atoms with Crippen LogP contribution in [0.5, 0.6) is 0 Å². The number of hydrogen-bond acceptors (Lipinski definition) is 4. The fourth-order valence-electron chi connectivity index (χ4n) is 1.60. The standard InChI is InChI=1S/C16H13NOS.C3H6F3N/c18-13-15-10-8-14(9-11-15)5-4-12-17-19-16-6-2-1-3-7-16;4-3(5,6)1-2-7/h1-3,6-11,13,17H,12H2;1-2,7H2. The Bertz CT molecular complexity index is 708. The van der Waals surface area contributed by atoms with Crippen molar-refractivity contribution in [1.29, 1.82) is 0 Å². The molecule has 26 heavy (non-hydrogen) atoms. The number of alkyl halides is 3. The van der Waals surface area contributed by atoms with Gasteiger partial charge in [0.05, 0.1) is 13.0 Å². The summed E-state index contributed by atoms with van der Waals surface area (Å²) >= 11 is 1.56. The Morgan fingerprint density at radius 2 is 1.73 bits per heavy atom. The zero-order valence-corrected chi connectivity index (χ0v) is 14.7. The summed E-state index contributed by atoms with van der Waals surface area (Å²) in [6.07, 6.45) is -4.13. The largest absolute Gasteiger partial charge is 0.390 e. The average molecular weight is 380 g/mol. The van der Waals surface area contributed by atoms with Crippen molar-refractivity contribution in [3.8, 4) is 11.8 Å². The van der Waals surface area contributed by atoms with Gasteiger partial charge in [-0.05, 0) is 36.2 Å². The fraction of sp³-hybridized carbons (Fsp3) is 0.211. The lowest BCUT2D eigenvalue weighted by molar-refractivity contribution is -0.132. The zero-order valence-electron chi connectivity index (χ0n) is 13.9. The second-order valence-corrected chi connectivity index (χ2v) is 5.90. The molecule has 2 rings (SSSR count). The molecule has 0 amide bonds. The van der Waals surface area contributed by atoms with Gasteiger partial charge in [0.1, 0.15) is 6.29 Å². The monoisotopic (exact) mass is 380 g/mol. The minimum absolute atomic E-state index is 0.316. The molecule has 0 saturated heterocycles. The third kappa shape index (κ3) is 10.6. The molecule has 0 heterocycles. The predicted molar refractivity (Wildman–Crippen MR) is 98.7 cm³/mol. The molecular formula is C19H19F3N2OS. The van der Waals surface area contributed by atoms with Crippen LogP contribution in [0, 0.1) is 11.8 Å². The molecule has 2 aromatic carbocycles. The lowest BCUT2D eigenvalue weighted by atomic mass is 10.1. The first kappa shape index (κ1) is 21.8. The van der Waals surface area contributed by atoms with E-state index in [0.29, 0.717) is 12.1 Å². The van der Waals surface area contributed by atoms with Crippen LogP contribution in [0.15, 0.2) is 59.5 Å². The highest BCUT2D eigenvalue weighted by Crippen LogP contribution is 2.17. The van der Waals surface area contributed by atoms with E-state index in [9.17, 15) is 18.0 Å². The summed E-state index contributed by atoms with van der Waals surface area (Å²) in [6, 6.07) is 17.3. The first-order valence-electron chi connectivity index (χ1n) is 7.70. The Labute approximate surface area is 155 Å². The summed E-state index contributed by atoms with van der Waals surface area (Å²) in [4.78, 5) is 11.7. The molecule has 0 aliphatic rings. The Morgan fingerprint density at radius 3 is 2.23 bits per heavy atom. The van der Waals surface area contributed by atoms with Crippen LogP contribution in [0.1, 0.15) is 22.3 Å². The number of benzene rings is 2. The van der Waals surface area contributed by atoms with Crippen molar-refractivity contribution in [3.63, 3.8) is 0 Å². The highest BCUT2D eigenvalue weighted by molar-refractivity contribution is 7.97. The molecule has 0 spiro atoms. The van der Waals surface area contributed by atoms with E-state index in [2.05, 4.69) is 22.3 Å². The summed E-state index contributed by atoms with van der Waals surface area (Å²) in [5.41, 5.74) is 6.18. The number of hydrogen-bond donors (Lipinski definition) is 2. The van der Waals surface area contributed by atoms with Crippen molar-refractivity contribution in [3.05, 3.63) is 65.7 Å². The van der Waals surface area contributed by atoms with Crippen molar-refractivity contribution in [1.82, 2.24) is 4.72 Å². The molecule has 0 bridgehead atoms. The van der Waals surface area contributed by atoms with E-state index < -0.39 is 12.6 Å². The molecule has 0 fully saturated rings. The minimum atomic E-state index is -4.07. The van der Waals surface area contributed by atoms with Crippen molar-refractivity contribution in [2.24, 2.45) is 5.73 Å². The number of nitrogens with two attached hydrogens (primary N) is 1. The summed E-state index contributed by atoms with van der Waals surface area (Å²) in [7, 11) is 0. The smallest absolute Gasteiger partial charge is 0.330 e. The van der Waals surface area contributed by atoms with Gasteiger partial charge in [-0.2, -0.15) is 13.2 Å². The molecule has 0 saturated carbocycles. The van der Waals surface area contributed by atoms with Crippen LogP contribution in [-0.4, -0.2) is 25.6 Å². The van der Waals surface area contributed by atoms with E-state index in [1.807, 2.05) is 42.5 Å². The molecule has 0 unspecified atom stereocenters. The highest BCUT2D eigenvalue weighted by atomic mass is 32.2. The molecule has 0 radical (unpaired) electrons. The quantitative estimate of drug-likeness (QED) is 0.356. The van der Waals surface area contributed by atoms with Gasteiger partial charge in [-0.25, -0.2) is 4.72 Å². The average Bonchev–Trinajstić information content (AvgIpc) is 2.62. The normalized spacial score (nSPS) is 10.2. The molecule has 0 atom stereocenters. The van der Waals surface area contributed by atoms with E-state index in [1.165, 1.54) is 4.90 Å². The van der Waals surface area contributed by atoms with Gasteiger partial charge in [0.25, 0.3) is 0 Å². The maximum absolute atomic E-state index is 11.0. The molecule has 7 heteroatoms. The number of halogens is 3. The van der Waals surface area contributed by atoms with Gasteiger partial charge in [0.15, 0.2) is 0 Å². The SMILES string of the molecule is NCCC(F)(F)F.O=Cc1ccc(C#CCNSc2ccccc2)cc1. The van der Waals surface area contributed by atoms with E-state index in [1.54, 1.807) is 24.1 Å². The summed E-state index contributed by atoms with van der Waals surface area (Å²) < 4.78 is 36.1. The van der Waals surface area contributed by atoms with Gasteiger partial charge in [0, 0.05) is 22.6 Å². The lowest BCUT2D eigenvalue weighted by Crippen LogP contribution is -2.14. The van der Waals surface area contributed by atoms with Gasteiger partial charge in [-0.1, -0.05) is 42.2 Å². The minimum Gasteiger partial charge on any atom is -0.330 e. The first-order valence-corrected chi connectivity index (χ1v) is 8.52. The van der Waals surface area contributed by atoms with E-state index in [4.69, 9.17) is 0 Å². The highest BCUT2D eigenvalue weighted by Gasteiger charge is 2.24. The van der Waals surface area contributed by atoms with Gasteiger partial charge in [-0.3, -0.25) is 4.79 Å². The molecule has 0 aliphatic carbocycles. The second kappa shape index (κ2) is 12.1. The lowest BCUT2D eigenvalue weighted by Gasteiger charge is -2.00. The van der Waals surface area contributed by atoms with Crippen LogP contribution < -0.4 is 10.5 Å². The molecule has 0 aliphatic heterocycles. The summed E-state index contributed by atoms with van der Waals surface area (Å²) in [6.45, 7) is 0.290. The second-order valence-electron chi connectivity index (χ2n) is 4.93. The number of nitrogens with one attached hydrogen (secondary N) is 1. The third-order valence-electron chi connectivity index (χ3n) is 2.80. The molecule has 2 aromatic rings. The number of rotatable bonds is 5. The fourth-order valence-corrected chi connectivity index (χ4v) is 2.20. The molecule has 0 aromatic heterocycles. The van der Waals surface area contributed by atoms with Crippen molar-refractivity contribution < 1.29 is 18.0 Å². The van der Waals surface area contributed by atoms with E-state index in [-0.39, 0.29) is 6.54 Å². The Hall–Kier alpha value is -2.27. The van der Waals surface area contributed by atoms with E-state index >= 15 is 0 Å². The predicted octanol–water partition coefficient (Wildman–Crippen LogP) is 4.05.